The van der Waals surface area contributed by atoms with Crippen molar-refractivity contribution in [2.24, 2.45) is 4.99 Å². The molecule has 0 saturated carbocycles. The lowest BCUT2D eigenvalue weighted by Crippen LogP contribution is -2.44. The summed E-state index contributed by atoms with van der Waals surface area (Å²) in [5.41, 5.74) is 1.07. The molecule has 2 N–H and O–H groups in total. The highest BCUT2D eigenvalue weighted by Gasteiger charge is 2.22. The predicted octanol–water partition coefficient (Wildman–Crippen LogP) is 2.65. The fourth-order valence-corrected chi connectivity index (χ4v) is 2.71. The molecule has 1 heterocycles. The van der Waals surface area contributed by atoms with Gasteiger partial charge in [0.2, 0.25) is 0 Å². The molecule has 0 aliphatic heterocycles. The number of hydrogen-bond acceptors (Lipinski definition) is 3. The second kappa shape index (κ2) is 9.17. The van der Waals surface area contributed by atoms with Gasteiger partial charge in [0.15, 0.2) is 17.5 Å². The molecule has 0 aliphatic carbocycles. The van der Waals surface area contributed by atoms with Crippen LogP contribution in [0.15, 0.2) is 47.7 Å². The maximum absolute atomic E-state index is 5.42. The van der Waals surface area contributed by atoms with Crippen LogP contribution in [-0.4, -0.2) is 44.9 Å². The zero-order chi connectivity index (χ0) is 19.0. The Hall–Kier alpha value is -2.63. The molecule has 0 bridgehead atoms. The fourth-order valence-electron chi connectivity index (χ4n) is 2.71. The van der Waals surface area contributed by atoms with Crippen LogP contribution in [0.4, 0.5) is 0 Å². The topological polar surface area (TPSA) is 59.8 Å². The van der Waals surface area contributed by atoms with Crippen molar-refractivity contribution in [3.63, 3.8) is 0 Å². The first kappa shape index (κ1) is 19.7. The van der Waals surface area contributed by atoms with Gasteiger partial charge in [0.05, 0.1) is 14.2 Å². The molecule has 1 aromatic carbocycles. The van der Waals surface area contributed by atoms with E-state index < -0.39 is 0 Å². The lowest BCUT2D eigenvalue weighted by atomic mass is 9.84. The van der Waals surface area contributed by atoms with Crippen LogP contribution in [-0.2, 0) is 12.0 Å². The van der Waals surface area contributed by atoms with Gasteiger partial charge in [-0.15, -0.1) is 0 Å². The Balaban J connectivity index is 1.92. The lowest BCUT2D eigenvalue weighted by molar-refractivity contribution is 0.353. The Morgan fingerprint density at radius 2 is 1.77 bits per heavy atom. The van der Waals surface area contributed by atoms with Gasteiger partial charge in [-0.2, -0.15) is 0 Å². The van der Waals surface area contributed by atoms with Gasteiger partial charge < -0.3 is 24.7 Å². The zero-order valence-electron chi connectivity index (χ0n) is 16.4. The van der Waals surface area contributed by atoms with Crippen molar-refractivity contribution in [3.05, 3.63) is 48.3 Å². The molecule has 0 saturated heterocycles. The molecule has 0 aliphatic rings. The summed E-state index contributed by atoms with van der Waals surface area (Å²) in [6.45, 7) is 6.83. The van der Waals surface area contributed by atoms with Crippen LogP contribution in [0.3, 0.4) is 0 Å². The second-order valence-corrected chi connectivity index (χ2v) is 6.73. The molecular weight excluding hydrogens is 328 g/mol. The average molecular weight is 358 g/mol. The van der Waals surface area contributed by atoms with Gasteiger partial charge in [0, 0.05) is 44.5 Å². The number of guanidine groups is 1. The van der Waals surface area contributed by atoms with Crippen molar-refractivity contribution in [1.82, 2.24) is 15.2 Å². The van der Waals surface area contributed by atoms with Crippen LogP contribution in [0, 0.1) is 0 Å². The standard InChI is InChI=1S/C20H30N4O2/c1-20(2,16-8-9-17(25-4)18(14-16)26-5)15-23-19(21-3)22-10-13-24-11-6-7-12-24/h6-9,11-12,14H,10,13,15H2,1-5H3,(H2,21,22,23). The quantitative estimate of drug-likeness (QED) is 0.563. The summed E-state index contributed by atoms with van der Waals surface area (Å²) in [6, 6.07) is 10.1. The molecule has 0 amide bonds. The first-order chi connectivity index (χ1) is 12.5. The van der Waals surface area contributed by atoms with E-state index in [9.17, 15) is 0 Å². The van der Waals surface area contributed by atoms with Gasteiger partial charge in [0.25, 0.3) is 0 Å². The first-order valence-corrected chi connectivity index (χ1v) is 8.78. The lowest BCUT2D eigenvalue weighted by Gasteiger charge is -2.27. The van der Waals surface area contributed by atoms with E-state index in [1.807, 2.05) is 24.3 Å². The molecule has 142 valence electrons. The van der Waals surface area contributed by atoms with Gasteiger partial charge in [-0.05, 0) is 29.8 Å². The Morgan fingerprint density at radius 1 is 1.08 bits per heavy atom. The minimum Gasteiger partial charge on any atom is -0.493 e. The van der Waals surface area contributed by atoms with Gasteiger partial charge >= 0.3 is 0 Å². The smallest absolute Gasteiger partial charge is 0.191 e. The summed E-state index contributed by atoms with van der Waals surface area (Å²) in [6.07, 6.45) is 4.11. The Labute approximate surface area is 156 Å². The van der Waals surface area contributed by atoms with Gasteiger partial charge in [-0.3, -0.25) is 4.99 Å². The monoisotopic (exact) mass is 358 g/mol. The first-order valence-electron chi connectivity index (χ1n) is 8.78. The third-order valence-electron chi connectivity index (χ3n) is 4.42. The summed E-state index contributed by atoms with van der Waals surface area (Å²) in [5.74, 6) is 2.28. The van der Waals surface area contributed by atoms with Gasteiger partial charge in [0.1, 0.15) is 0 Å². The SMILES string of the molecule is CN=C(NCCn1cccc1)NCC(C)(C)c1ccc(OC)c(OC)c1. The maximum atomic E-state index is 5.42. The summed E-state index contributed by atoms with van der Waals surface area (Å²) < 4.78 is 12.9. The van der Waals surface area contributed by atoms with Crippen LogP contribution >= 0.6 is 0 Å². The number of nitrogens with zero attached hydrogens (tertiary/aromatic N) is 2. The number of rotatable bonds is 8. The van der Waals surface area contributed by atoms with E-state index in [1.165, 1.54) is 5.56 Å². The van der Waals surface area contributed by atoms with Crippen molar-refractivity contribution in [3.8, 4) is 11.5 Å². The largest absolute Gasteiger partial charge is 0.493 e. The number of nitrogens with one attached hydrogen (secondary N) is 2. The molecule has 0 spiro atoms. The maximum Gasteiger partial charge on any atom is 0.191 e. The van der Waals surface area contributed by atoms with E-state index in [-0.39, 0.29) is 5.41 Å². The molecule has 2 rings (SSSR count). The van der Waals surface area contributed by atoms with Crippen molar-refractivity contribution >= 4 is 5.96 Å². The fraction of sp³-hybridized carbons (Fsp3) is 0.450. The van der Waals surface area contributed by atoms with Gasteiger partial charge in [-0.25, -0.2) is 0 Å². The van der Waals surface area contributed by atoms with Crippen molar-refractivity contribution < 1.29 is 9.47 Å². The number of benzene rings is 1. The van der Waals surface area contributed by atoms with Crippen molar-refractivity contribution in [2.75, 3.05) is 34.4 Å². The van der Waals surface area contributed by atoms with Crippen LogP contribution in [0.25, 0.3) is 0 Å². The highest BCUT2D eigenvalue weighted by atomic mass is 16.5. The Morgan fingerprint density at radius 3 is 2.38 bits per heavy atom. The second-order valence-electron chi connectivity index (χ2n) is 6.73. The zero-order valence-corrected chi connectivity index (χ0v) is 16.4. The highest BCUT2D eigenvalue weighted by molar-refractivity contribution is 5.79. The molecule has 0 unspecified atom stereocenters. The van der Waals surface area contributed by atoms with Crippen LogP contribution < -0.4 is 20.1 Å². The van der Waals surface area contributed by atoms with E-state index in [1.54, 1.807) is 21.3 Å². The third-order valence-corrected chi connectivity index (χ3v) is 4.42. The van der Waals surface area contributed by atoms with Crippen LogP contribution in [0.2, 0.25) is 0 Å². The number of methoxy groups -OCH3 is 2. The summed E-state index contributed by atoms with van der Waals surface area (Å²) >= 11 is 0. The molecule has 6 heteroatoms. The van der Waals surface area contributed by atoms with E-state index in [0.29, 0.717) is 0 Å². The molecule has 2 aromatic rings. The number of aliphatic imine (C=N–C) groups is 1. The van der Waals surface area contributed by atoms with Crippen LogP contribution in [0.1, 0.15) is 19.4 Å². The Kier molecular flexibility index (Phi) is 6.95. The highest BCUT2D eigenvalue weighted by Crippen LogP contribution is 2.32. The normalized spacial score (nSPS) is 12.0. The Bertz CT molecular complexity index is 709. The predicted molar refractivity (Wildman–Crippen MR) is 106 cm³/mol. The molecule has 6 nitrogen and oxygen atoms in total. The number of aromatic nitrogens is 1. The van der Waals surface area contributed by atoms with Crippen molar-refractivity contribution in [2.45, 2.75) is 25.8 Å². The average Bonchev–Trinajstić information content (AvgIpc) is 3.17. The molecule has 0 fully saturated rings. The van der Waals surface area contributed by atoms with E-state index >= 15 is 0 Å². The number of ether oxygens (including phenoxy) is 2. The molecule has 0 atom stereocenters. The summed E-state index contributed by atoms with van der Waals surface area (Å²) in [7, 11) is 5.09. The van der Waals surface area contributed by atoms with Gasteiger partial charge in [-0.1, -0.05) is 19.9 Å². The summed E-state index contributed by atoms with van der Waals surface area (Å²) in [4.78, 5) is 4.31. The summed E-state index contributed by atoms with van der Waals surface area (Å²) in [5, 5.41) is 6.76. The number of hydrogen-bond donors (Lipinski definition) is 2. The molecule has 26 heavy (non-hydrogen) atoms. The third kappa shape index (κ3) is 5.18. The van der Waals surface area contributed by atoms with Crippen LogP contribution in [0.5, 0.6) is 11.5 Å². The molecular formula is C20H30N4O2. The van der Waals surface area contributed by atoms with Crippen molar-refractivity contribution in [1.29, 1.82) is 0 Å². The van der Waals surface area contributed by atoms with E-state index in [4.69, 9.17) is 9.47 Å². The minimum atomic E-state index is -0.0996. The van der Waals surface area contributed by atoms with E-state index in [0.717, 1.165) is 37.1 Å². The minimum absolute atomic E-state index is 0.0996. The molecule has 1 aromatic heterocycles. The molecule has 0 radical (unpaired) electrons. The van der Waals surface area contributed by atoms with E-state index in [2.05, 4.69) is 52.5 Å².